The molecule has 0 aliphatic carbocycles. The van der Waals surface area contributed by atoms with Gasteiger partial charge in [0.25, 0.3) is 5.91 Å². The fourth-order valence-electron chi connectivity index (χ4n) is 1.25. The van der Waals surface area contributed by atoms with Crippen LogP contribution in [0.3, 0.4) is 0 Å². The zero-order chi connectivity index (χ0) is 16.2. The average Bonchev–Trinajstić information content (AvgIpc) is 2.41. The van der Waals surface area contributed by atoms with Crippen molar-refractivity contribution in [3.8, 4) is 0 Å². The number of benzene rings is 1. The summed E-state index contributed by atoms with van der Waals surface area (Å²) in [6.07, 6.45) is 0.627. The third-order valence-corrected chi connectivity index (χ3v) is 4.75. The third kappa shape index (κ3) is 4.20. The fraction of sp³-hybridized carbons (Fsp3) is 0.385. The van der Waals surface area contributed by atoms with E-state index in [0.29, 0.717) is 6.42 Å². The lowest BCUT2D eigenvalue weighted by molar-refractivity contribution is -0.118. The first-order valence-electron chi connectivity index (χ1n) is 6.03. The Morgan fingerprint density at radius 3 is 2.62 bits per heavy atom. The van der Waals surface area contributed by atoms with Gasteiger partial charge in [0.15, 0.2) is 5.12 Å². The Bertz CT molecular complexity index is 643. The number of thioether (sulfide) groups is 1. The molecule has 5 nitrogen and oxygen atoms in total. The standard InChI is InChI=1S/C13H13ClFN3O2S/c1-4-13(2,3)12(20)21-10-5-7(11(19)17-18-16)9(15)6-8(10)14/h5-6H,4H2,1-3H3. The summed E-state index contributed by atoms with van der Waals surface area (Å²) in [6.45, 7) is 5.44. The van der Waals surface area contributed by atoms with E-state index < -0.39 is 22.7 Å². The molecule has 0 saturated heterocycles. The molecule has 112 valence electrons. The first kappa shape index (κ1) is 17.5. The van der Waals surface area contributed by atoms with Gasteiger partial charge >= 0.3 is 0 Å². The molecular weight excluding hydrogens is 317 g/mol. The van der Waals surface area contributed by atoms with Crippen LogP contribution in [0.2, 0.25) is 5.02 Å². The molecule has 8 heteroatoms. The van der Waals surface area contributed by atoms with Crippen LogP contribution in [0.4, 0.5) is 4.39 Å². The first-order valence-corrected chi connectivity index (χ1v) is 7.23. The Kier molecular flexibility index (Phi) is 5.78. The number of halogens is 2. The van der Waals surface area contributed by atoms with E-state index in [0.717, 1.165) is 23.9 Å². The van der Waals surface area contributed by atoms with Crippen LogP contribution < -0.4 is 0 Å². The van der Waals surface area contributed by atoms with Crippen LogP contribution in [-0.4, -0.2) is 11.0 Å². The first-order chi connectivity index (χ1) is 9.72. The zero-order valence-corrected chi connectivity index (χ0v) is 13.3. The van der Waals surface area contributed by atoms with E-state index >= 15 is 0 Å². The third-order valence-electron chi connectivity index (χ3n) is 3.03. The van der Waals surface area contributed by atoms with E-state index in [2.05, 4.69) is 10.0 Å². The molecule has 0 saturated carbocycles. The molecule has 0 aliphatic rings. The number of hydrogen-bond acceptors (Lipinski definition) is 3. The van der Waals surface area contributed by atoms with Crippen LogP contribution in [0.5, 0.6) is 0 Å². The minimum atomic E-state index is -1.06. The van der Waals surface area contributed by atoms with Gasteiger partial charge in [-0.15, -0.1) is 0 Å². The number of carbonyl (C=O) groups excluding carboxylic acids is 2. The second kappa shape index (κ2) is 6.93. The molecule has 0 radical (unpaired) electrons. The molecule has 0 aliphatic heterocycles. The number of hydrogen-bond donors (Lipinski definition) is 0. The van der Waals surface area contributed by atoms with Crippen molar-refractivity contribution in [3.05, 3.63) is 39.0 Å². The molecule has 21 heavy (non-hydrogen) atoms. The van der Waals surface area contributed by atoms with Crippen molar-refractivity contribution in [3.63, 3.8) is 0 Å². The van der Waals surface area contributed by atoms with Gasteiger partial charge in [0.05, 0.1) is 10.6 Å². The molecule has 0 spiro atoms. The van der Waals surface area contributed by atoms with E-state index in [9.17, 15) is 14.0 Å². The van der Waals surface area contributed by atoms with Crippen LogP contribution in [0.25, 0.3) is 10.4 Å². The van der Waals surface area contributed by atoms with Crippen molar-refractivity contribution in [2.45, 2.75) is 32.1 Å². The van der Waals surface area contributed by atoms with Crippen molar-refractivity contribution in [2.24, 2.45) is 10.5 Å². The molecule has 0 heterocycles. The predicted molar refractivity (Wildman–Crippen MR) is 79.8 cm³/mol. The highest BCUT2D eigenvalue weighted by Crippen LogP contribution is 2.36. The summed E-state index contributed by atoms with van der Waals surface area (Å²) in [5.41, 5.74) is 7.24. The maximum absolute atomic E-state index is 13.7. The summed E-state index contributed by atoms with van der Waals surface area (Å²) in [4.78, 5) is 26.2. The minimum Gasteiger partial charge on any atom is -0.287 e. The van der Waals surface area contributed by atoms with E-state index in [1.807, 2.05) is 6.92 Å². The van der Waals surface area contributed by atoms with E-state index in [1.54, 1.807) is 13.8 Å². The van der Waals surface area contributed by atoms with Crippen molar-refractivity contribution < 1.29 is 14.0 Å². The molecule has 0 aromatic heterocycles. The number of nitrogens with zero attached hydrogens (tertiary/aromatic N) is 3. The van der Waals surface area contributed by atoms with Gasteiger partial charge in [-0.05, 0) is 41.0 Å². The van der Waals surface area contributed by atoms with E-state index in [-0.39, 0.29) is 15.0 Å². The van der Waals surface area contributed by atoms with Crippen molar-refractivity contribution in [1.29, 1.82) is 0 Å². The minimum absolute atomic E-state index is 0.0234. The highest BCUT2D eigenvalue weighted by Gasteiger charge is 2.27. The van der Waals surface area contributed by atoms with Crippen LogP contribution in [0.15, 0.2) is 22.1 Å². The Morgan fingerprint density at radius 1 is 1.48 bits per heavy atom. The highest BCUT2D eigenvalue weighted by molar-refractivity contribution is 8.13. The molecule has 0 fully saturated rings. The number of azide groups is 1. The van der Waals surface area contributed by atoms with Gasteiger partial charge in [-0.1, -0.05) is 32.4 Å². The largest absolute Gasteiger partial charge is 0.287 e. The maximum Gasteiger partial charge on any atom is 0.252 e. The number of carbonyl (C=O) groups is 2. The van der Waals surface area contributed by atoms with Gasteiger partial charge in [-0.25, -0.2) is 4.39 Å². The smallest absolute Gasteiger partial charge is 0.252 e. The lowest BCUT2D eigenvalue weighted by Gasteiger charge is -2.20. The monoisotopic (exact) mass is 329 g/mol. The molecule has 1 rings (SSSR count). The zero-order valence-electron chi connectivity index (χ0n) is 11.7. The molecule has 1 aromatic rings. The van der Waals surface area contributed by atoms with Gasteiger partial charge in [-0.2, -0.15) is 0 Å². The van der Waals surface area contributed by atoms with Gasteiger partial charge in [-0.3, -0.25) is 9.59 Å². The van der Waals surface area contributed by atoms with Gasteiger partial charge in [0.1, 0.15) is 5.82 Å². The Morgan fingerprint density at radius 2 is 2.10 bits per heavy atom. The van der Waals surface area contributed by atoms with Crippen molar-refractivity contribution >= 4 is 34.4 Å². The van der Waals surface area contributed by atoms with Crippen LogP contribution in [0, 0.1) is 11.2 Å². The fourth-order valence-corrected chi connectivity index (χ4v) is 2.47. The normalized spacial score (nSPS) is 10.9. The maximum atomic E-state index is 13.7. The second-order valence-corrected chi connectivity index (χ2v) is 6.31. The summed E-state index contributed by atoms with van der Waals surface area (Å²) in [5, 5.41) is 2.71. The average molecular weight is 330 g/mol. The topological polar surface area (TPSA) is 82.9 Å². The van der Waals surface area contributed by atoms with Gasteiger partial charge in [0, 0.05) is 15.2 Å². The molecular formula is C13H13ClFN3O2S. The SMILES string of the molecule is CCC(C)(C)C(=O)Sc1cc(C(=O)N=[N+]=[N-])c(F)cc1Cl. The van der Waals surface area contributed by atoms with Crippen molar-refractivity contribution in [2.75, 3.05) is 0 Å². The lowest BCUT2D eigenvalue weighted by atomic mass is 9.92. The lowest BCUT2D eigenvalue weighted by Crippen LogP contribution is -2.20. The molecule has 0 atom stereocenters. The summed E-state index contributed by atoms with van der Waals surface area (Å²) in [5.74, 6) is -1.96. The van der Waals surface area contributed by atoms with E-state index in [4.69, 9.17) is 17.1 Å². The van der Waals surface area contributed by atoms with Crippen LogP contribution in [0.1, 0.15) is 37.6 Å². The molecule has 1 aromatic carbocycles. The van der Waals surface area contributed by atoms with Crippen molar-refractivity contribution in [1.82, 2.24) is 0 Å². The quantitative estimate of drug-likeness (QED) is 0.338. The molecule has 1 amide bonds. The Balaban J connectivity index is 3.20. The van der Waals surface area contributed by atoms with E-state index in [1.165, 1.54) is 0 Å². The Hall–Kier alpha value is -1.56. The second-order valence-electron chi connectivity index (χ2n) is 4.88. The van der Waals surface area contributed by atoms with Crippen LogP contribution in [-0.2, 0) is 4.79 Å². The number of amides is 1. The Labute approximate surface area is 130 Å². The summed E-state index contributed by atoms with van der Waals surface area (Å²) in [6, 6.07) is 2.05. The molecule has 0 unspecified atom stereocenters. The summed E-state index contributed by atoms with van der Waals surface area (Å²) < 4.78 is 13.7. The highest BCUT2D eigenvalue weighted by atomic mass is 35.5. The number of rotatable bonds is 4. The van der Waals surface area contributed by atoms with Crippen LogP contribution >= 0.6 is 23.4 Å². The van der Waals surface area contributed by atoms with Gasteiger partial charge in [0.2, 0.25) is 0 Å². The summed E-state index contributed by atoms with van der Waals surface area (Å²) in [7, 11) is 0. The molecule has 0 N–H and O–H groups in total. The summed E-state index contributed by atoms with van der Waals surface area (Å²) >= 11 is 6.73. The molecule has 0 bridgehead atoms. The predicted octanol–water partition coefficient (Wildman–Crippen LogP) is 4.98. The van der Waals surface area contributed by atoms with Gasteiger partial charge < -0.3 is 0 Å².